The third-order valence-electron chi connectivity index (χ3n) is 2.60. The number of hydrogen-bond donors (Lipinski definition) is 1. The fourth-order valence-corrected chi connectivity index (χ4v) is 2.99. The number of primary sulfonamides is 1. The Morgan fingerprint density at radius 1 is 1.56 bits per heavy atom. The molecule has 0 radical (unpaired) electrons. The van der Waals surface area contributed by atoms with Crippen LogP contribution in [0.1, 0.15) is 6.42 Å². The second-order valence-corrected chi connectivity index (χ2v) is 6.19. The fourth-order valence-electron chi connectivity index (χ4n) is 1.95. The molecule has 0 aromatic carbocycles. The van der Waals surface area contributed by atoms with Gasteiger partial charge in [0.1, 0.15) is 0 Å². The van der Waals surface area contributed by atoms with Crippen molar-refractivity contribution in [3.63, 3.8) is 0 Å². The highest BCUT2D eigenvalue weighted by atomic mass is 35.5. The topological polar surface area (TPSA) is 106 Å². The van der Waals surface area contributed by atoms with E-state index in [1.807, 2.05) is 0 Å². The van der Waals surface area contributed by atoms with Crippen LogP contribution in [-0.2, 0) is 14.8 Å². The van der Waals surface area contributed by atoms with Crippen molar-refractivity contribution in [2.45, 2.75) is 6.42 Å². The van der Waals surface area contributed by atoms with Gasteiger partial charge in [-0.15, -0.1) is 5.10 Å². The summed E-state index contributed by atoms with van der Waals surface area (Å²) < 4.78 is 22.0. The van der Waals surface area contributed by atoms with Crippen LogP contribution in [0.15, 0.2) is 12.3 Å². The van der Waals surface area contributed by atoms with Crippen LogP contribution in [0.3, 0.4) is 0 Å². The number of halogens is 1. The molecule has 1 atom stereocenters. The lowest BCUT2D eigenvalue weighted by Crippen LogP contribution is -2.27. The molecule has 0 bridgehead atoms. The number of hydrogen-bond acceptors (Lipinski definition) is 5. The zero-order chi connectivity index (χ0) is 13.3. The first-order valence-corrected chi connectivity index (χ1v) is 7.23. The Morgan fingerprint density at radius 3 is 2.89 bits per heavy atom. The lowest BCUT2D eigenvalue weighted by Gasteiger charge is -2.15. The number of rotatable bonds is 3. The highest BCUT2D eigenvalue weighted by molar-refractivity contribution is 7.89. The van der Waals surface area contributed by atoms with Crippen LogP contribution >= 0.6 is 11.6 Å². The first-order chi connectivity index (χ1) is 8.35. The summed E-state index contributed by atoms with van der Waals surface area (Å²) in [6.07, 6.45) is 1.56. The van der Waals surface area contributed by atoms with E-state index >= 15 is 0 Å². The molecule has 0 spiro atoms. The van der Waals surface area contributed by atoms with E-state index in [4.69, 9.17) is 16.7 Å². The van der Waals surface area contributed by atoms with Gasteiger partial charge in [0.15, 0.2) is 5.15 Å². The monoisotopic (exact) mass is 290 g/mol. The quantitative estimate of drug-likeness (QED) is 0.827. The van der Waals surface area contributed by atoms with Crippen LogP contribution in [0.5, 0.6) is 0 Å². The van der Waals surface area contributed by atoms with Crippen molar-refractivity contribution in [2.75, 3.05) is 17.2 Å². The van der Waals surface area contributed by atoms with Crippen LogP contribution in [0, 0.1) is 5.92 Å². The first kappa shape index (κ1) is 13.2. The molecule has 2 N–H and O–H groups in total. The summed E-state index contributed by atoms with van der Waals surface area (Å²) in [4.78, 5) is 13.2. The van der Waals surface area contributed by atoms with Gasteiger partial charge in [-0.1, -0.05) is 11.6 Å². The van der Waals surface area contributed by atoms with Crippen molar-refractivity contribution >= 4 is 33.2 Å². The van der Waals surface area contributed by atoms with Crippen molar-refractivity contribution < 1.29 is 13.2 Å². The standard InChI is InChI=1S/C9H11ClN4O3S/c10-8-2-7(3-12-13-8)14-4-6(1-9(14)15)5-18(11,16)17/h2-3,6H,1,4-5H2,(H2,11,16,17). The van der Waals surface area contributed by atoms with E-state index in [2.05, 4.69) is 10.2 Å². The normalized spacial score (nSPS) is 20.4. The molecule has 9 heteroatoms. The van der Waals surface area contributed by atoms with Gasteiger partial charge in [0.05, 0.1) is 17.6 Å². The lowest BCUT2D eigenvalue weighted by molar-refractivity contribution is -0.117. The molecule has 18 heavy (non-hydrogen) atoms. The third kappa shape index (κ3) is 3.15. The highest BCUT2D eigenvalue weighted by Gasteiger charge is 2.33. The Labute approximate surface area is 109 Å². The zero-order valence-corrected chi connectivity index (χ0v) is 10.9. The number of nitrogens with zero attached hydrogens (tertiary/aromatic N) is 3. The van der Waals surface area contributed by atoms with Gasteiger partial charge in [0, 0.05) is 24.9 Å². The predicted molar refractivity (Wildman–Crippen MR) is 65.5 cm³/mol. The molecule has 1 aliphatic rings. The molecule has 0 saturated carbocycles. The first-order valence-electron chi connectivity index (χ1n) is 5.14. The summed E-state index contributed by atoms with van der Waals surface area (Å²) in [5, 5.41) is 12.4. The van der Waals surface area contributed by atoms with Gasteiger partial charge in [0.25, 0.3) is 0 Å². The molecule has 1 aromatic heterocycles. The summed E-state index contributed by atoms with van der Waals surface area (Å²) in [6, 6.07) is 1.51. The molecular weight excluding hydrogens is 280 g/mol. The Kier molecular flexibility index (Phi) is 3.51. The van der Waals surface area contributed by atoms with E-state index in [1.165, 1.54) is 17.2 Å². The van der Waals surface area contributed by atoms with E-state index in [0.717, 1.165) is 0 Å². The maximum Gasteiger partial charge on any atom is 0.227 e. The van der Waals surface area contributed by atoms with Gasteiger partial charge >= 0.3 is 0 Å². The molecule has 1 amide bonds. The van der Waals surface area contributed by atoms with Crippen molar-refractivity contribution in [3.05, 3.63) is 17.4 Å². The number of aromatic nitrogens is 2. The Morgan fingerprint density at radius 2 is 2.28 bits per heavy atom. The SMILES string of the molecule is NS(=O)(=O)CC1CC(=O)N(c2cnnc(Cl)c2)C1. The summed E-state index contributed by atoms with van der Waals surface area (Å²) in [7, 11) is -3.58. The second kappa shape index (κ2) is 4.79. The maximum atomic E-state index is 11.8. The molecule has 7 nitrogen and oxygen atoms in total. The molecule has 1 aliphatic heterocycles. The maximum absolute atomic E-state index is 11.8. The van der Waals surface area contributed by atoms with E-state index in [-0.39, 0.29) is 35.7 Å². The Hall–Kier alpha value is -1.25. The van der Waals surface area contributed by atoms with Crippen molar-refractivity contribution in [2.24, 2.45) is 11.1 Å². The smallest absolute Gasteiger partial charge is 0.227 e. The second-order valence-electron chi connectivity index (χ2n) is 4.14. The van der Waals surface area contributed by atoms with Crippen LogP contribution in [0.25, 0.3) is 0 Å². The number of sulfonamides is 1. The van der Waals surface area contributed by atoms with E-state index in [1.54, 1.807) is 0 Å². The molecule has 2 heterocycles. The number of carbonyl (C=O) groups is 1. The summed E-state index contributed by atoms with van der Waals surface area (Å²) in [6.45, 7) is 0.289. The molecule has 1 unspecified atom stereocenters. The van der Waals surface area contributed by atoms with Crippen LogP contribution in [-0.4, -0.2) is 36.8 Å². The Bertz CT molecular complexity index is 577. The lowest BCUT2D eigenvalue weighted by atomic mass is 10.1. The zero-order valence-electron chi connectivity index (χ0n) is 9.28. The van der Waals surface area contributed by atoms with E-state index < -0.39 is 10.0 Å². The largest absolute Gasteiger partial charge is 0.310 e. The minimum atomic E-state index is -3.58. The summed E-state index contributed by atoms with van der Waals surface area (Å²) >= 11 is 5.69. The molecule has 2 rings (SSSR count). The molecule has 1 aromatic rings. The number of anilines is 1. The highest BCUT2D eigenvalue weighted by Crippen LogP contribution is 2.26. The van der Waals surface area contributed by atoms with Gasteiger partial charge in [-0.05, 0) is 0 Å². The van der Waals surface area contributed by atoms with Gasteiger partial charge < -0.3 is 4.90 Å². The van der Waals surface area contributed by atoms with E-state index in [0.29, 0.717) is 5.69 Å². The minimum Gasteiger partial charge on any atom is -0.310 e. The van der Waals surface area contributed by atoms with Gasteiger partial charge in [-0.3, -0.25) is 4.79 Å². The van der Waals surface area contributed by atoms with Crippen LogP contribution in [0.2, 0.25) is 5.15 Å². The predicted octanol–water partition coefficient (Wildman–Crippen LogP) is -0.229. The molecule has 98 valence electrons. The number of nitrogens with two attached hydrogens (primary N) is 1. The summed E-state index contributed by atoms with van der Waals surface area (Å²) in [5.74, 6) is -0.686. The molecule has 1 fully saturated rings. The van der Waals surface area contributed by atoms with E-state index in [9.17, 15) is 13.2 Å². The van der Waals surface area contributed by atoms with Crippen molar-refractivity contribution in [1.82, 2.24) is 10.2 Å². The van der Waals surface area contributed by atoms with Gasteiger partial charge in [-0.25, -0.2) is 13.6 Å². The number of carbonyl (C=O) groups excluding carboxylic acids is 1. The summed E-state index contributed by atoms with van der Waals surface area (Å²) in [5.41, 5.74) is 0.511. The van der Waals surface area contributed by atoms with Crippen molar-refractivity contribution in [3.8, 4) is 0 Å². The van der Waals surface area contributed by atoms with Crippen LogP contribution < -0.4 is 10.0 Å². The molecule has 0 aliphatic carbocycles. The van der Waals surface area contributed by atoms with Gasteiger partial charge in [-0.2, -0.15) is 5.10 Å². The molecule has 1 saturated heterocycles. The third-order valence-corrected chi connectivity index (χ3v) is 3.72. The molecular formula is C9H11ClN4O3S. The minimum absolute atomic E-state index is 0.149. The Balaban J connectivity index is 2.15. The van der Waals surface area contributed by atoms with Gasteiger partial charge in [0.2, 0.25) is 15.9 Å². The fraction of sp³-hybridized carbons (Fsp3) is 0.444. The van der Waals surface area contributed by atoms with Crippen LogP contribution in [0.4, 0.5) is 5.69 Å². The average molecular weight is 291 g/mol. The average Bonchev–Trinajstić information content (AvgIpc) is 2.56. The number of amides is 1. The van der Waals surface area contributed by atoms with Crippen molar-refractivity contribution in [1.29, 1.82) is 0 Å².